The van der Waals surface area contributed by atoms with Crippen molar-refractivity contribution in [3.8, 4) is 22.6 Å². The van der Waals surface area contributed by atoms with Crippen LogP contribution >= 0.6 is 0 Å². The third-order valence-electron chi connectivity index (χ3n) is 4.85. The number of hydrogen-bond donors (Lipinski definition) is 1. The summed E-state index contributed by atoms with van der Waals surface area (Å²) in [6.45, 7) is 0.948. The maximum Gasteiger partial charge on any atom is 0.223 e. The van der Waals surface area contributed by atoms with E-state index < -0.39 is 0 Å². The average Bonchev–Trinajstić information content (AvgIpc) is 2.75. The highest BCUT2D eigenvalue weighted by atomic mass is 16.5. The molecule has 1 atom stereocenters. The Labute approximate surface area is 165 Å². The first kappa shape index (κ1) is 18.1. The van der Waals surface area contributed by atoms with Gasteiger partial charge in [-0.15, -0.1) is 0 Å². The summed E-state index contributed by atoms with van der Waals surface area (Å²) in [6, 6.07) is 25.9. The number of carbonyl (C=O) groups is 1. The second kappa shape index (κ2) is 8.61. The first-order valence-electron chi connectivity index (χ1n) is 9.59. The van der Waals surface area contributed by atoms with Gasteiger partial charge in [0.15, 0.2) is 0 Å². The van der Waals surface area contributed by atoms with Gasteiger partial charge in [0.25, 0.3) is 0 Å². The summed E-state index contributed by atoms with van der Waals surface area (Å²) < 4.78 is 11.6. The summed E-state index contributed by atoms with van der Waals surface area (Å²) in [7, 11) is 0. The highest BCUT2D eigenvalue weighted by Gasteiger charge is 2.22. The zero-order valence-electron chi connectivity index (χ0n) is 15.6. The van der Waals surface area contributed by atoms with Crippen molar-refractivity contribution in [2.24, 2.45) is 0 Å². The number of nitrogens with one attached hydrogen (secondary N) is 1. The van der Waals surface area contributed by atoms with Gasteiger partial charge < -0.3 is 14.8 Å². The molecular formula is C24H23NO3. The third kappa shape index (κ3) is 4.17. The van der Waals surface area contributed by atoms with E-state index in [1.54, 1.807) is 0 Å². The monoisotopic (exact) mass is 373 g/mol. The molecule has 1 aliphatic rings. The molecule has 0 saturated carbocycles. The quantitative estimate of drug-likeness (QED) is 0.677. The number of fused-ring (bicyclic) bond motifs is 1. The smallest absolute Gasteiger partial charge is 0.223 e. The second-order valence-electron chi connectivity index (χ2n) is 6.76. The van der Waals surface area contributed by atoms with Crippen LogP contribution in [0.25, 0.3) is 11.1 Å². The Balaban J connectivity index is 1.35. The molecule has 1 aliphatic heterocycles. The van der Waals surface area contributed by atoms with Crippen LogP contribution in [-0.2, 0) is 4.79 Å². The lowest BCUT2D eigenvalue weighted by atomic mass is 10.0. The van der Waals surface area contributed by atoms with Crippen LogP contribution in [0.5, 0.6) is 11.5 Å². The van der Waals surface area contributed by atoms with Crippen LogP contribution in [0.4, 0.5) is 0 Å². The summed E-state index contributed by atoms with van der Waals surface area (Å²) in [5, 5.41) is 3.11. The molecule has 0 saturated heterocycles. The fraction of sp³-hybridized carbons (Fsp3) is 0.208. The number of para-hydroxylation sites is 2. The largest absolute Gasteiger partial charge is 0.493 e. The molecule has 1 unspecified atom stereocenters. The van der Waals surface area contributed by atoms with Gasteiger partial charge >= 0.3 is 0 Å². The summed E-state index contributed by atoms with van der Waals surface area (Å²) in [5.41, 5.74) is 3.17. The molecule has 0 aliphatic carbocycles. The van der Waals surface area contributed by atoms with Crippen molar-refractivity contribution in [3.05, 3.63) is 84.4 Å². The molecule has 3 aromatic rings. The van der Waals surface area contributed by atoms with Crippen LogP contribution < -0.4 is 14.8 Å². The fourth-order valence-electron chi connectivity index (χ4n) is 3.46. The van der Waals surface area contributed by atoms with Gasteiger partial charge in [0, 0.05) is 17.5 Å². The standard InChI is InChI=1S/C24H23NO3/c26-24(25-21-14-16-27-23-13-7-5-11-20(21)23)15-17-28-22-12-6-4-10-19(22)18-8-2-1-3-9-18/h1-13,21H,14-17H2,(H,25,26). The predicted octanol–water partition coefficient (Wildman–Crippen LogP) is 4.76. The lowest BCUT2D eigenvalue weighted by molar-refractivity contribution is -0.122. The molecule has 4 rings (SSSR count). The topological polar surface area (TPSA) is 47.6 Å². The summed E-state index contributed by atoms with van der Waals surface area (Å²) in [5.74, 6) is 1.63. The number of carbonyl (C=O) groups excluding carboxylic acids is 1. The van der Waals surface area contributed by atoms with E-state index in [1.165, 1.54) is 0 Å². The second-order valence-corrected chi connectivity index (χ2v) is 6.76. The minimum atomic E-state index is -0.0149. The van der Waals surface area contributed by atoms with Gasteiger partial charge in [-0.25, -0.2) is 0 Å². The Kier molecular flexibility index (Phi) is 5.57. The molecule has 142 valence electrons. The van der Waals surface area contributed by atoms with Crippen molar-refractivity contribution < 1.29 is 14.3 Å². The Morgan fingerprint density at radius 3 is 2.61 bits per heavy atom. The van der Waals surface area contributed by atoms with E-state index in [-0.39, 0.29) is 11.9 Å². The van der Waals surface area contributed by atoms with Crippen molar-refractivity contribution in [1.29, 1.82) is 0 Å². The molecule has 0 aromatic heterocycles. The van der Waals surface area contributed by atoms with Crippen LogP contribution in [0.2, 0.25) is 0 Å². The van der Waals surface area contributed by atoms with Crippen molar-refractivity contribution in [1.82, 2.24) is 5.32 Å². The molecule has 4 heteroatoms. The molecule has 1 N–H and O–H groups in total. The maximum absolute atomic E-state index is 12.4. The highest BCUT2D eigenvalue weighted by molar-refractivity contribution is 5.77. The Morgan fingerprint density at radius 1 is 0.964 bits per heavy atom. The van der Waals surface area contributed by atoms with E-state index >= 15 is 0 Å². The average molecular weight is 373 g/mol. The van der Waals surface area contributed by atoms with E-state index in [0.29, 0.717) is 19.6 Å². The summed E-state index contributed by atoms with van der Waals surface area (Å²) >= 11 is 0. The molecule has 0 fully saturated rings. The molecule has 0 radical (unpaired) electrons. The number of rotatable bonds is 6. The van der Waals surface area contributed by atoms with E-state index in [1.807, 2.05) is 66.7 Å². The molecular weight excluding hydrogens is 350 g/mol. The Morgan fingerprint density at radius 2 is 1.71 bits per heavy atom. The predicted molar refractivity (Wildman–Crippen MR) is 109 cm³/mol. The third-order valence-corrected chi connectivity index (χ3v) is 4.85. The zero-order chi connectivity index (χ0) is 19.2. The van der Waals surface area contributed by atoms with Gasteiger partial charge in [-0.3, -0.25) is 4.79 Å². The van der Waals surface area contributed by atoms with Crippen LogP contribution in [0, 0.1) is 0 Å². The lowest BCUT2D eigenvalue weighted by Crippen LogP contribution is -2.32. The van der Waals surface area contributed by atoms with Gasteiger partial charge in [0.05, 0.1) is 25.7 Å². The van der Waals surface area contributed by atoms with E-state index in [2.05, 4.69) is 17.4 Å². The Hall–Kier alpha value is -3.27. The lowest BCUT2D eigenvalue weighted by Gasteiger charge is -2.26. The molecule has 0 spiro atoms. The molecule has 0 bridgehead atoms. The van der Waals surface area contributed by atoms with Gasteiger partial charge in [-0.1, -0.05) is 66.7 Å². The molecule has 1 amide bonds. The number of ether oxygens (including phenoxy) is 2. The van der Waals surface area contributed by atoms with Gasteiger partial charge in [-0.2, -0.15) is 0 Å². The van der Waals surface area contributed by atoms with Gasteiger partial charge in [0.1, 0.15) is 11.5 Å². The van der Waals surface area contributed by atoms with Crippen LogP contribution in [-0.4, -0.2) is 19.1 Å². The maximum atomic E-state index is 12.4. The van der Waals surface area contributed by atoms with Gasteiger partial charge in [-0.05, 0) is 17.7 Å². The van der Waals surface area contributed by atoms with E-state index in [4.69, 9.17) is 9.47 Å². The summed E-state index contributed by atoms with van der Waals surface area (Å²) in [6.07, 6.45) is 1.09. The molecule has 1 heterocycles. The molecule has 28 heavy (non-hydrogen) atoms. The van der Waals surface area contributed by atoms with Crippen molar-refractivity contribution in [2.75, 3.05) is 13.2 Å². The number of hydrogen-bond acceptors (Lipinski definition) is 3. The first-order valence-corrected chi connectivity index (χ1v) is 9.59. The Bertz CT molecular complexity index is 939. The van der Waals surface area contributed by atoms with Crippen molar-refractivity contribution in [2.45, 2.75) is 18.9 Å². The molecule has 4 nitrogen and oxygen atoms in total. The van der Waals surface area contributed by atoms with E-state index in [9.17, 15) is 4.79 Å². The minimum Gasteiger partial charge on any atom is -0.493 e. The van der Waals surface area contributed by atoms with Crippen LogP contribution in [0.15, 0.2) is 78.9 Å². The SMILES string of the molecule is O=C(CCOc1ccccc1-c1ccccc1)NC1CCOc2ccccc21. The van der Waals surface area contributed by atoms with Crippen molar-refractivity contribution >= 4 is 5.91 Å². The first-order chi connectivity index (χ1) is 13.8. The fourth-order valence-corrected chi connectivity index (χ4v) is 3.46. The number of amides is 1. The molecule has 3 aromatic carbocycles. The highest BCUT2D eigenvalue weighted by Crippen LogP contribution is 2.32. The van der Waals surface area contributed by atoms with Crippen LogP contribution in [0.3, 0.4) is 0 Å². The van der Waals surface area contributed by atoms with Gasteiger partial charge in [0.2, 0.25) is 5.91 Å². The van der Waals surface area contributed by atoms with E-state index in [0.717, 1.165) is 34.6 Å². The van der Waals surface area contributed by atoms with Crippen LogP contribution in [0.1, 0.15) is 24.4 Å². The zero-order valence-corrected chi connectivity index (χ0v) is 15.6. The summed E-state index contributed by atoms with van der Waals surface area (Å²) in [4.78, 5) is 12.4. The number of benzene rings is 3. The van der Waals surface area contributed by atoms with Crippen molar-refractivity contribution in [3.63, 3.8) is 0 Å². The minimum absolute atomic E-state index is 0.00550. The normalized spacial score (nSPS) is 15.2.